The number of aromatic nitrogens is 1. The summed E-state index contributed by atoms with van der Waals surface area (Å²) in [5.41, 5.74) is 4.77. The molecule has 5 N–H and O–H groups in total. The van der Waals surface area contributed by atoms with E-state index < -0.39 is 24.6 Å². The highest BCUT2D eigenvalue weighted by Crippen LogP contribution is 2.42. The van der Waals surface area contributed by atoms with Crippen LogP contribution in [0.3, 0.4) is 0 Å². The third-order valence-electron chi connectivity index (χ3n) is 6.93. The van der Waals surface area contributed by atoms with Gasteiger partial charge in [-0.2, -0.15) is 0 Å². The van der Waals surface area contributed by atoms with Crippen LogP contribution in [0.25, 0.3) is 22.4 Å². The monoisotopic (exact) mass is 590 g/mol. The van der Waals surface area contributed by atoms with E-state index in [9.17, 15) is 24.2 Å². The fraction of sp³-hybridized carbons (Fsp3) is 0.294. The van der Waals surface area contributed by atoms with Crippen molar-refractivity contribution in [2.24, 2.45) is 0 Å². The van der Waals surface area contributed by atoms with E-state index in [1.807, 2.05) is 79.1 Å². The highest BCUT2D eigenvalue weighted by Gasteiger charge is 2.31. The van der Waals surface area contributed by atoms with Gasteiger partial charge in [-0.3, -0.25) is 9.59 Å². The Hall–Kier alpha value is -4.31. The zero-order valence-corrected chi connectivity index (χ0v) is 24.6. The molecule has 43 heavy (non-hydrogen) atoms. The van der Waals surface area contributed by atoms with Crippen molar-refractivity contribution in [3.63, 3.8) is 0 Å². The molecular formula is C34H39FN2O6. The van der Waals surface area contributed by atoms with E-state index in [0.717, 1.165) is 18.4 Å². The Morgan fingerprint density at radius 1 is 0.837 bits per heavy atom. The van der Waals surface area contributed by atoms with Crippen LogP contribution in [0.5, 0.6) is 0 Å². The van der Waals surface area contributed by atoms with Gasteiger partial charge in [-0.15, -0.1) is 0 Å². The molecule has 0 aliphatic rings. The second kappa shape index (κ2) is 15.8. The lowest BCUT2D eigenvalue weighted by molar-refractivity contribution is -0.139. The number of nitrogens with one attached hydrogen (secondary N) is 1. The SMILES string of the molecule is CC(C)c1c(C(=O)Nc2ccccc2)c(-c2ccccc2)c(-c2ccc(F)cc2)n1CCC(O)CC(O)CC(=O)O.CO. The summed E-state index contributed by atoms with van der Waals surface area (Å²) >= 11 is 0. The van der Waals surface area contributed by atoms with Crippen LogP contribution < -0.4 is 5.32 Å². The number of aliphatic hydroxyl groups is 3. The molecule has 0 aliphatic carbocycles. The minimum Gasteiger partial charge on any atom is -0.481 e. The molecule has 3 aromatic carbocycles. The molecule has 0 aliphatic heterocycles. The number of nitrogens with zero attached hydrogens (tertiary/aromatic N) is 1. The maximum absolute atomic E-state index is 14.0. The van der Waals surface area contributed by atoms with Crippen molar-refractivity contribution in [1.82, 2.24) is 4.57 Å². The van der Waals surface area contributed by atoms with Gasteiger partial charge in [-0.1, -0.05) is 62.4 Å². The predicted octanol–water partition coefficient (Wildman–Crippen LogP) is 5.92. The van der Waals surface area contributed by atoms with E-state index in [1.165, 1.54) is 12.1 Å². The van der Waals surface area contributed by atoms with E-state index in [4.69, 9.17) is 10.2 Å². The number of amides is 1. The smallest absolute Gasteiger partial charge is 0.305 e. The summed E-state index contributed by atoms with van der Waals surface area (Å²) in [6.45, 7) is 4.25. The van der Waals surface area contributed by atoms with Crippen molar-refractivity contribution in [1.29, 1.82) is 0 Å². The van der Waals surface area contributed by atoms with Crippen LogP contribution in [0.1, 0.15) is 55.1 Å². The maximum Gasteiger partial charge on any atom is 0.305 e. The number of para-hydroxylation sites is 1. The third-order valence-corrected chi connectivity index (χ3v) is 6.93. The van der Waals surface area contributed by atoms with E-state index in [-0.39, 0.29) is 37.0 Å². The molecule has 4 aromatic rings. The first-order valence-corrected chi connectivity index (χ1v) is 14.1. The molecule has 1 amide bonds. The molecule has 0 fully saturated rings. The normalized spacial score (nSPS) is 12.3. The number of hydrogen-bond acceptors (Lipinski definition) is 5. The first-order valence-electron chi connectivity index (χ1n) is 14.1. The van der Waals surface area contributed by atoms with Crippen molar-refractivity contribution in [3.8, 4) is 22.4 Å². The molecular weight excluding hydrogens is 551 g/mol. The largest absolute Gasteiger partial charge is 0.481 e. The number of carboxylic acids is 1. The Labute approximate surface area is 251 Å². The van der Waals surface area contributed by atoms with Crippen molar-refractivity contribution < 1.29 is 34.4 Å². The maximum atomic E-state index is 14.0. The lowest BCUT2D eigenvalue weighted by Gasteiger charge is -2.20. The summed E-state index contributed by atoms with van der Waals surface area (Å²) in [7, 11) is 1.00. The number of carbonyl (C=O) groups excluding carboxylic acids is 1. The zero-order valence-electron chi connectivity index (χ0n) is 24.6. The van der Waals surface area contributed by atoms with Crippen LogP contribution in [0, 0.1) is 5.82 Å². The number of aliphatic hydroxyl groups excluding tert-OH is 3. The van der Waals surface area contributed by atoms with Gasteiger partial charge in [0.25, 0.3) is 5.91 Å². The molecule has 0 spiro atoms. The summed E-state index contributed by atoms with van der Waals surface area (Å²) in [5, 5.41) is 39.8. The summed E-state index contributed by atoms with van der Waals surface area (Å²) < 4.78 is 16.0. The predicted molar refractivity (Wildman–Crippen MR) is 165 cm³/mol. The van der Waals surface area contributed by atoms with Gasteiger partial charge in [-0.05, 0) is 66.3 Å². The van der Waals surface area contributed by atoms with Crippen LogP contribution in [0.4, 0.5) is 10.1 Å². The van der Waals surface area contributed by atoms with Crippen molar-refractivity contribution in [2.75, 3.05) is 12.4 Å². The molecule has 0 bridgehead atoms. The number of carbonyl (C=O) groups is 2. The van der Waals surface area contributed by atoms with E-state index in [0.29, 0.717) is 28.1 Å². The first-order chi connectivity index (χ1) is 20.7. The Balaban J connectivity index is 0.00000248. The molecule has 2 atom stereocenters. The summed E-state index contributed by atoms with van der Waals surface area (Å²) in [4.78, 5) is 25.0. The van der Waals surface area contributed by atoms with Gasteiger partial charge in [-0.25, -0.2) is 4.39 Å². The molecule has 1 aromatic heterocycles. The quantitative estimate of drug-likeness (QED) is 0.139. The lowest BCUT2D eigenvalue weighted by Crippen LogP contribution is -2.22. The van der Waals surface area contributed by atoms with Crippen LogP contribution >= 0.6 is 0 Å². The summed E-state index contributed by atoms with van der Waals surface area (Å²) in [5.74, 6) is -1.93. The number of benzene rings is 3. The van der Waals surface area contributed by atoms with Crippen molar-refractivity contribution in [3.05, 3.63) is 102 Å². The average Bonchev–Trinajstić information content (AvgIpc) is 3.33. The number of carboxylic acid groups (broad SMARTS) is 1. The third kappa shape index (κ3) is 8.61. The van der Waals surface area contributed by atoms with Crippen LogP contribution in [0.15, 0.2) is 84.9 Å². The number of rotatable bonds is 12. The van der Waals surface area contributed by atoms with Gasteiger partial charge < -0.3 is 30.3 Å². The van der Waals surface area contributed by atoms with E-state index >= 15 is 0 Å². The number of anilines is 1. The van der Waals surface area contributed by atoms with Crippen molar-refractivity contribution >= 4 is 17.6 Å². The van der Waals surface area contributed by atoms with Gasteiger partial charge in [0.2, 0.25) is 0 Å². The minimum atomic E-state index is -1.18. The summed E-state index contributed by atoms with van der Waals surface area (Å²) in [6.07, 6.45) is -2.51. The molecule has 228 valence electrons. The molecule has 2 unspecified atom stereocenters. The zero-order chi connectivity index (χ0) is 31.5. The highest BCUT2D eigenvalue weighted by molar-refractivity contribution is 6.12. The Kier molecular flexibility index (Phi) is 12.2. The minimum absolute atomic E-state index is 0.0939. The number of halogens is 1. The van der Waals surface area contributed by atoms with Gasteiger partial charge in [0, 0.05) is 30.6 Å². The molecule has 0 saturated heterocycles. The fourth-order valence-electron chi connectivity index (χ4n) is 5.20. The lowest BCUT2D eigenvalue weighted by atomic mass is 9.94. The second-order valence-corrected chi connectivity index (χ2v) is 10.4. The fourth-order valence-corrected chi connectivity index (χ4v) is 5.20. The molecule has 4 rings (SSSR count). The van der Waals surface area contributed by atoms with Gasteiger partial charge in [0.05, 0.1) is 29.9 Å². The molecule has 8 nitrogen and oxygen atoms in total. The van der Waals surface area contributed by atoms with Gasteiger partial charge in [0.15, 0.2) is 0 Å². The Bertz CT molecular complexity index is 1470. The molecule has 9 heteroatoms. The molecule has 0 radical (unpaired) electrons. The number of aliphatic carboxylic acids is 1. The van der Waals surface area contributed by atoms with Crippen LogP contribution in [-0.4, -0.2) is 56.2 Å². The van der Waals surface area contributed by atoms with E-state index in [2.05, 4.69) is 5.32 Å². The Morgan fingerprint density at radius 3 is 1.98 bits per heavy atom. The van der Waals surface area contributed by atoms with Gasteiger partial charge in [0.1, 0.15) is 5.82 Å². The molecule has 1 heterocycles. The standard InChI is InChI=1S/C33H35FN2O5.CH4O/c1-21(2)31-30(33(41)35-25-11-7-4-8-12-25)29(22-9-5-3-6-10-22)32(23-13-15-24(34)16-14-23)36(31)18-17-26(37)19-27(38)20-28(39)40;1-2/h3-16,21,26-27,37-38H,17-20H2,1-2H3,(H,35,41)(H,39,40);2H,1H3. The summed E-state index contributed by atoms with van der Waals surface area (Å²) in [6, 6.07) is 24.8. The topological polar surface area (TPSA) is 132 Å². The van der Waals surface area contributed by atoms with Crippen molar-refractivity contribution in [2.45, 2.75) is 57.8 Å². The first kappa shape index (κ1) is 33.2. The average molecular weight is 591 g/mol. The number of hydrogen-bond donors (Lipinski definition) is 5. The van der Waals surface area contributed by atoms with E-state index in [1.54, 1.807) is 12.1 Å². The highest BCUT2D eigenvalue weighted by atomic mass is 19.1. The van der Waals surface area contributed by atoms with Crippen LogP contribution in [-0.2, 0) is 11.3 Å². The Morgan fingerprint density at radius 2 is 1.42 bits per heavy atom. The van der Waals surface area contributed by atoms with Crippen LogP contribution in [0.2, 0.25) is 0 Å². The second-order valence-electron chi connectivity index (χ2n) is 10.4. The molecule has 0 saturated carbocycles. The van der Waals surface area contributed by atoms with Gasteiger partial charge >= 0.3 is 5.97 Å².